The maximum Gasteiger partial charge on any atom is 0.299 e. The summed E-state index contributed by atoms with van der Waals surface area (Å²) in [5, 5.41) is 17.9. The first-order valence-corrected chi connectivity index (χ1v) is 8.31. The number of nitrogens with zero attached hydrogens (tertiary/aromatic N) is 3. The lowest BCUT2D eigenvalue weighted by Gasteiger charge is -2.23. The number of thioether (sulfide) groups is 1. The molecule has 22 heavy (non-hydrogen) atoms. The van der Waals surface area contributed by atoms with E-state index in [-0.39, 0.29) is 10.9 Å². The van der Waals surface area contributed by atoms with Gasteiger partial charge in [0.15, 0.2) is 11.9 Å². The van der Waals surface area contributed by atoms with Gasteiger partial charge in [0.1, 0.15) is 0 Å². The van der Waals surface area contributed by atoms with Crippen LogP contribution in [0.1, 0.15) is 0 Å². The monoisotopic (exact) mass is 380 g/mol. The minimum atomic E-state index is -2.01. The average Bonchev–Trinajstić information content (AvgIpc) is 2.49. The van der Waals surface area contributed by atoms with E-state index in [1.807, 2.05) is 6.07 Å². The third-order valence-electron chi connectivity index (χ3n) is 2.62. The fraction of sp³-hybridized carbons (Fsp3) is 0.250. The molecule has 1 aromatic carbocycles. The van der Waals surface area contributed by atoms with E-state index in [0.717, 1.165) is 16.4 Å². The van der Waals surface area contributed by atoms with Crippen LogP contribution >= 0.6 is 46.6 Å². The van der Waals surface area contributed by atoms with Crippen LogP contribution in [0.25, 0.3) is 11.3 Å². The summed E-state index contributed by atoms with van der Waals surface area (Å²) in [7, 11) is 0. The van der Waals surface area contributed by atoms with E-state index in [4.69, 9.17) is 34.8 Å². The molecule has 0 aliphatic heterocycles. The molecule has 0 amide bonds. The molecule has 2 N–H and O–H groups in total. The van der Waals surface area contributed by atoms with E-state index < -0.39 is 15.6 Å². The van der Waals surface area contributed by atoms with Gasteiger partial charge in [0.25, 0.3) is 5.56 Å². The number of halogens is 3. The van der Waals surface area contributed by atoms with Gasteiger partial charge in [0, 0.05) is 5.56 Å². The van der Waals surface area contributed by atoms with Crippen LogP contribution in [-0.4, -0.2) is 36.3 Å². The van der Waals surface area contributed by atoms with E-state index in [1.165, 1.54) is 0 Å². The van der Waals surface area contributed by atoms with Crippen molar-refractivity contribution in [1.82, 2.24) is 14.9 Å². The van der Waals surface area contributed by atoms with Gasteiger partial charge in [-0.15, -0.1) is 10.2 Å². The molecular formula is C12H11Cl3N4O2S. The van der Waals surface area contributed by atoms with Gasteiger partial charge in [-0.3, -0.25) is 10.2 Å². The molecule has 10 heteroatoms. The van der Waals surface area contributed by atoms with Gasteiger partial charge < -0.3 is 5.11 Å². The third-order valence-corrected chi connectivity index (χ3v) is 3.87. The number of aromatic nitrogens is 3. The Morgan fingerprint density at radius 2 is 1.91 bits per heavy atom. The van der Waals surface area contributed by atoms with Crippen LogP contribution < -0.4 is 11.0 Å². The predicted octanol–water partition coefficient (Wildman–Crippen LogP) is 2.26. The Balaban J connectivity index is 2.50. The molecule has 1 aromatic heterocycles. The SMILES string of the molecule is CSc1nnc(-c2ccccc2)c(=O)n1NC(O)C(Cl)(Cl)Cl. The Bertz CT molecular complexity index is 706. The minimum absolute atomic E-state index is 0.113. The molecule has 2 rings (SSSR count). The van der Waals surface area contributed by atoms with Crippen LogP contribution in [0.5, 0.6) is 0 Å². The van der Waals surface area contributed by atoms with E-state index in [9.17, 15) is 9.90 Å². The first-order valence-electron chi connectivity index (χ1n) is 5.95. The van der Waals surface area contributed by atoms with Crippen LogP contribution in [-0.2, 0) is 0 Å². The number of alkyl halides is 3. The van der Waals surface area contributed by atoms with Gasteiger partial charge in [-0.05, 0) is 6.26 Å². The van der Waals surface area contributed by atoms with Crippen molar-refractivity contribution in [2.75, 3.05) is 11.7 Å². The Morgan fingerprint density at radius 1 is 1.27 bits per heavy atom. The zero-order valence-electron chi connectivity index (χ0n) is 11.2. The first-order chi connectivity index (χ1) is 10.3. The molecule has 0 fully saturated rings. The molecule has 0 aliphatic carbocycles. The number of aliphatic hydroxyl groups is 1. The standard InChI is InChI=1S/C12H11Cl3N4O2S/c1-22-11-17-16-8(7-5-3-2-4-6-7)9(20)19(11)18-10(21)12(13,14)15/h2-6,10,18,21H,1H3. The summed E-state index contributed by atoms with van der Waals surface area (Å²) >= 11 is 17.9. The highest BCUT2D eigenvalue weighted by atomic mass is 35.6. The second kappa shape index (κ2) is 7.06. The molecule has 0 spiro atoms. The molecule has 0 bridgehead atoms. The van der Waals surface area contributed by atoms with Crippen LogP contribution in [0, 0.1) is 0 Å². The van der Waals surface area contributed by atoms with Crippen molar-refractivity contribution in [2.24, 2.45) is 0 Å². The topological polar surface area (TPSA) is 80.0 Å². The van der Waals surface area contributed by atoms with Crippen molar-refractivity contribution in [2.45, 2.75) is 15.2 Å². The van der Waals surface area contributed by atoms with Crippen molar-refractivity contribution in [1.29, 1.82) is 0 Å². The second-order valence-corrected chi connectivity index (χ2v) is 7.26. The molecule has 2 aromatic rings. The third kappa shape index (κ3) is 3.85. The molecule has 118 valence electrons. The summed E-state index contributed by atoms with van der Waals surface area (Å²) in [6.07, 6.45) is 0.0971. The smallest absolute Gasteiger partial charge is 0.299 e. The number of rotatable bonds is 4. The Labute approximate surface area is 145 Å². The van der Waals surface area contributed by atoms with Gasteiger partial charge in [-0.1, -0.05) is 76.9 Å². The maximum atomic E-state index is 12.6. The molecule has 0 radical (unpaired) electrons. The van der Waals surface area contributed by atoms with E-state index >= 15 is 0 Å². The highest BCUT2D eigenvalue weighted by molar-refractivity contribution is 7.98. The highest BCUT2D eigenvalue weighted by Crippen LogP contribution is 2.29. The summed E-state index contributed by atoms with van der Waals surface area (Å²) in [5.41, 5.74) is 2.61. The first kappa shape index (κ1) is 17.4. The van der Waals surface area contributed by atoms with Crippen molar-refractivity contribution in [3.05, 3.63) is 40.7 Å². The number of hydrogen-bond acceptors (Lipinski definition) is 6. The van der Waals surface area contributed by atoms with Gasteiger partial charge in [0.2, 0.25) is 8.95 Å². The number of benzene rings is 1. The van der Waals surface area contributed by atoms with Crippen LogP contribution in [0.2, 0.25) is 0 Å². The molecular weight excluding hydrogens is 371 g/mol. The molecule has 6 nitrogen and oxygen atoms in total. The summed E-state index contributed by atoms with van der Waals surface area (Å²) in [4.78, 5) is 12.6. The number of aliphatic hydroxyl groups excluding tert-OH is 1. The lowest BCUT2D eigenvalue weighted by atomic mass is 10.2. The lowest BCUT2D eigenvalue weighted by Crippen LogP contribution is -2.44. The normalized spacial score (nSPS) is 13.0. The van der Waals surface area contributed by atoms with E-state index in [1.54, 1.807) is 30.5 Å². The maximum absolute atomic E-state index is 12.6. The Hall–Kier alpha value is -0.990. The number of hydrogen-bond donors (Lipinski definition) is 2. The summed E-state index contributed by atoms with van der Waals surface area (Å²) in [6.45, 7) is 0. The fourth-order valence-electron chi connectivity index (χ4n) is 1.59. The zero-order valence-corrected chi connectivity index (χ0v) is 14.3. The fourth-order valence-corrected chi connectivity index (χ4v) is 2.18. The molecule has 1 atom stereocenters. The van der Waals surface area contributed by atoms with Crippen molar-refractivity contribution in [3.63, 3.8) is 0 Å². The van der Waals surface area contributed by atoms with Gasteiger partial charge in [-0.25, -0.2) is 0 Å². The van der Waals surface area contributed by atoms with Gasteiger partial charge in [-0.2, -0.15) is 4.68 Å². The molecule has 0 saturated heterocycles. The van der Waals surface area contributed by atoms with Crippen molar-refractivity contribution >= 4 is 46.6 Å². The quantitative estimate of drug-likeness (QED) is 0.480. The second-order valence-electron chi connectivity index (χ2n) is 4.12. The lowest BCUT2D eigenvalue weighted by molar-refractivity contribution is 0.188. The van der Waals surface area contributed by atoms with Crippen molar-refractivity contribution < 1.29 is 5.11 Å². The predicted molar refractivity (Wildman–Crippen MR) is 89.2 cm³/mol. The highest BCUT2D eigenvalue weighted by Gasteiger charge is 2.32. The molecule has 0 aliphatic rings. The van der Waals surface area contributed by atoms with E-state index in [2.05, 4.69) is 15.6 Å². The number of nitrogens with one attached hydrogen (secondary N) is 1. The Morgan fingerprint density at radius 3 is 2.45 bits per heavy atom. The van der Waals surface area contributed by atoms with Crippen LogP contribution in [0.3, 0.4) is 0 Å². The molecule has 1 unspecified atom stereocenters. The van der Waals surface area contributed by atoms with Crippen LogP contribution in [0.4, 0.5) is 0 Å². The minimum Gasteiger partial charge on any atom is -0.369 e. The molecule has 1 heterocycles. The van der Waals surface area contributed by atoms with Crippen molar-refractivity contribution in [3.8, 4) is 11.3 Å². The van der Waals surface area contributed by atoms with Gasteiger partial charge in [0.05, 0.1) is 0 Å². The van der Waals surface area contributed by atoms with E-state index in [0.29, 0.717) is 5.56 Å². The van der Waals surface area contributed by atoms with Crippen LogP contribution in [0.15, 0.2) is 40.3 Å². The summed E-state index contributed by atoms with van der Waals surface area (Å²) < 4.78 is -1.00. The van der Waals surface area contributed by atoms with Gasteiger partial charge >= 0.3 is 0 Å². The average molecular weight is 382 g/mol. The molecule has 0 saturated carbocycles. The Kier molecular flexibility index (Phi) is 5.57. The summed E-state index contributed by atoms with van der Waals surface area (Å²) in [6, 6.07) is 8.80. The zero-order chi connectivity index (χ0) is 16.3. The largest absolute Gasteiger partial charge is 0.369 e. The summed E-state index contributed by atoms with van der Waals surface area (Å²) in [5.74, 6) is 0.